The Kier molecular flexibility index (Phi) is 7.41. The molecule has 0 aliphatic carbocycles. The van der Waals surface area contributed by atoms with Crippen LogP contribution in [-0.2, 0) is 16.0 Å². The number of ether oxygens (including phenoxy) is 3. The van der Waals surface area contributed by atoms with E-state index in [0.717, 1.165) is 38.6 Å². The normalized spacial score (nSPS) is 10.9. The monoisotopic (exact) mass is 253 g/mol. The SMILES string of the molecule is COCCN(CCOC)Cc1ccccc1OC. The molecule has 0 aliphatic heterocycles. The topological polar surface area (TPSA) is 30.9 Å². The second-order valence-corrected chi connectivity index (χ2v) is 4.07. The molecule has 4 nitrogen and oxygen atoms in total. The van der Waals surface area contributed by atoms with Crippen LogP contribution in [0.1, 0.15) is 5.56 Å². The summed E-state index contributed by atoms with van der Waals surface area (Å²) in [7, 11) is 5.14. The average molecular weight is 253 g/mol. The average Bonchev–Trinajstić information content (AvgIpc) is 2.42. The van der Waals surface area contributed by atoms with Crippen molar-refractivity contribution in [3.05, 3.63) is 29.8 Å². The van der Waals surface area contributed by atoms with E-state index < -0.39 is 0 Å². The Labute approximate surface area is 109 Å². The molecule has 0 saturated heterocycles. The zero-order valence-corrected chi connectivity index (χ0v) is 11.5. The van der Waals surface area contributed by atoms with E-state index in [1.165, 1.54) is 5.56 Å². The molecule has 1 rings (SSSR count). The molecule has 0 aromatic heterocycles. The highest BCUT2D eigenvalue weighted by Gasteiger charge is 2.09. The van der Waals surface area contributed by atoms with Crippen LogP contribution in [0.3, 0.4) is 0 Å². The van der Waals surface area contributed by atoms with Crippen LogP contribution in [0.2, 0.25) is 0 Å². The summed E-state index contributed by atoms with van der Waals surface area (Å²) in [6, 6.07) is 8.09. The van der Waals surface area contributed by atoms with Gasteiger partial charge in [0.05, 0.1) is 20.3 Å². The van der Waals surface area contributed by atoms with Gasteiger partial charge in [0.2, 0.25) is 0 Å². The van der Waals surface area contributed by atoms with Gasteiger partial charge in [0.1, 0.15) is 5.75 Å². The van der Waals surface area contributed by atoms with Gasteiger partial charge in [-0.2, -0.15) is 0 Å². The van der Waals surface area contributed by atoms with E-state index >= 15 is 0 Å². The van der Waals surface area contributed by atoms with Crippen molar-refractivity contribution in [2.75, 3.05) is 47.6 Å². The van der Waals surface area contributed by atoms with Gasteiger partial charge in [-0.15, -0.1) is 0 Å². The number of hydrogen-bond acceptors (Lipinski definition) is 4. The second kappa shape index (κ2) is 8.91. The lowest BCUT2D eigenvalue weighted by Gasteiger charge is -2.22. The summed E-state index contributed by atoms with van der Waals surface area (Å²) in [5.41, 5.74) is 1.19. The highest BCUT2D eigenvalue weighted by Crippen LogP contribution is 2.18. The minimum atomic E-state index is 0.721. The number of para-hydroxylation sites is 1. The Morgan fingerprint density at radius 3 is 2.11 bits per heavy atom. The maximum Gasteiger partial charge on any atom is 0.123 e. The number of hydrogen-bond donors (Lipinski definition) is 0. The summed E-state index contributed by atoms with van der Waals surface area (Å²) in [6.45, 7) is 4.06. The maximum absolute atomic E-state index is 5.37. The third-order valence-corrected chi connectivity index (χ3v) is 2.81. The minimum absolute atomic E-state index is 0.721. The second-order valence-electron chi connectivity index (χ2n) is 4.07. The first kappa shape index (κ1) is 15.0. The predicted octanol–water partition coefficient (Wildman–Crippen LogP) is 1.79. The van der Waals surface area contributed by atoms with Gasteiger partial charge in [-0.1, -0.05) is 18.2 Å². The molecule has 18 heavy (non-hydrogen) atoms. The zero-order chi connectivity index (χ0) is 13.2. The van der Waals surface area contributed by atoms with Crippen LogP contribution in [0.15, 0.2) is 24.3 Å². The van der Waals surface area contributed by atoms with E-state index in [0.29, 0.717) is 0 Å². The highest BCUT2D eigenvalue weighted by molar-refractivity contribution is 5.33. The third-order valence-electron chi connectivity index (χ3n) is 2.81. The lowest BCUT2D eigenvalue weighted by molar-refractivity contribution is 0.110. The quantitative estimate of drug-likeness (QED) is 0.671. The summed E-state index contributed by atoms with van der Waals surface area (Å²) in [5.74, 6) is 0.928. The Morgan fingerprint density at radius 2 is 1.56 bits per heavy atom. The van der Waals surface area contributed by atoms with Crippen LogP contribution in [0.4, 0.5) is 0 Å². The van der Waals surface area contributed by atoms with Crippen LogP contribution in [0.25, 0.3) is 0 Å². The van der Waals surface area contributed by atoms with Crippen molar-refractivity contribution in [3.8, 4) is 5.75 Å². The Morgan fingerprint density at radius 1 is 0.944 bits per heavy atom. The van der Waals surface area contributed by atoms with Crippen molar-refractivity contribution in [2.24, 2.45) is 0 Å². The van der Waals surface area contributed by atoms with Gasteiger partial charge in [-0.05, 0) is 6.07 Å². The van der Waals surface area contributed by atoms with Crippen LogP contribution < -0.4 is 4.74 Å². The molecule has 0 heterocycles. The van der Waals surface area contributed by atoms with Crippen molar-refractivity contribution in [3.63, 3.8) is 0 Å². The molecule has 1 aromatic carbocycles. The number of benzene rings is 1. The van der Waals surface area contributed by atoms with E-state index in [-0.39, 0.29) is 0 Å². The van der Waals surface area contributed by atoms with E-state index in [9.17, 15) is 0 Å². The van der Waals surface area contributed by atoms with Crippen LogP contribution in [-0.4, -0.2) is 52.5 Å². The molecule has 0 radical (unpaired) electrons. The summed E-state index contributed by atoms with van der Waals surface area (Å²) in [6.07, 6.45) is 0. The molecule has 4 heteroatoms. The van der Waals surface area contributed by atoms with Gasteiger partial charge in [-0.25, -0.2) is 0 Å². The fourth-order valence-corrected chi connectivity index (χ4v) is 1.79. The van der Waals surface area contributed by atoms with Crippen molar-refractivity contribution in [1.29, 1.82) is 0 Å². The predicted molar refractivity (Wildman–Crippen MR) is 72.0 cm³/mol. The van der Waals surface area contributed by atoms with Crippen molar-refractivity contribution in [2.45, 2.75) is 6.54 Å². The van der Waals surface area contributed by atoms with Crippen molar-refractivity contribution in [1.82, 2.24) is 4.90 Å². The molecular weight excluding hydrogens is 230 g/mol. The molecule has 0 atom stereocenters. The van der Waals surface area contributed by atoms with Gasteiger partial charge in [0, 0.05) is 39.4 Å². The first-order valence-corrected chi connectivity index (χ1v) is 6.14. The van der Waals surface area contributed by atoms with E-state index in [1.807, 2.05) is 18.2 Å². The Balaban J connectivity index is 2.62. The van der Waals surface area contributed by atoms with E-state index in [4.69, 9.17) is 14.2 Å². The lowest BCUT2D eigenvalue weighted by Crippen LogP contribution is -2.30. The Hall–Kier alpha value is -1.10. The standard InChI is InChI=1S/C14H23NO3/c1-16-10-8-15(9-11-17-2)12-13-6-4-5-7-14(13)18-3/h4-7H,8-12H2,1-3H3. The molecule has 0 amide bonds. The van der Waals surface area contributed by atoms with E-state index in [1.54, 1.807) is 21.3 Å². The molecule has 1 aromatic rings. The maximum atomic E-state index is 5.37. The summed E-state index contributed by atoms with van der Waals surface area (Å²) >= 11 is 0. The van der Waals surface area contributed by atoms with Crippen molar-refractivity contribution < 1.29 is 14.2 Å². The lowest BCUT2D eigenvalue weighted by atomic mass is 10.2. The molecule has 0 aliphatic rings. The molecular formula is C14H23NO3. The highest BCUT2D eigenvalue weighted by atomic mass is 16.5. The molecule has 0 N–H and O–H groups in total. The van der Waals surface area contributed by atoms with Gasteiger partial charge < -0.3 is 14.2 Å². The number of rotatable bonds is 9. The minimum Gasteiger partial charge on any atom is -0.496 e. The largest absolute Gasteiger partial charge is 0.496 e. The van der Waals surface area contributed by atoms with Gasteiger partial charge >= 0.3 is 0 Å². The van der Waals surface area contributed by atoms with Crippen molar-refractivity contribution >= 4 is 0 Å². The summed E-state index contributed by atoms with van der Waals surface area (Å²) < 4.78 is 15.6. The summed E-state index contributed by atoms with van der Waals surface area (Å²) in [5, 5.41) is 0. The molecule has 0 fully saturated rings. The van der Waals surface area contributed by atoms with Gasteiger partial charge in [-0.3, -0.25) is 4.90 Å². The molecule has 0 unspecified atom stereocenters. The number of methoxy groups -OCH3 is 3. The first-order valence-electron chi connectivity index (χ1n) is 6.14. The fourth-order valence-electron chi connectivity index (χ4n) is 1.79. The molecule has 0 bridgehead atoms. The van der Waals surface area contributed by atoms with Crippen LogP contribution in [0.5, 0.6) is 5.75 Å². The third kappa shape index (κ3) is 5.04. The molecule has 0 saturated carbocycles. The number of nitrogens with zero attached hydrogens (tertiary/aromatic N) is 1. The van der Waals surface area contributed by atoms with Crippen LogP contribution in [0, 0.1) is 0 Å². The van der Waals surface area contributed by atoms with Crippen LogP contribution >= 0.6 is 0 Å². The summed E-state index contributed by atoms with van der Waals surface area (Å²) in [4.78, 5) is 2.30. The van der Waals surface area contributed by atoms with E-state index in [2.05, 4.69) is 11.0 Å². The smallest absolute Gasteiger partial charge is 0.123 e. The first-order chi connectivity index (χ1) is 8.81. The Bertz CT molecular complexity index is 323. The van der Waals surface area contributed by atoms with Gasteiger partial charge in [0.25, 0.3) is 0 Å². The zero-order valence-electron chi connectivity index (χ0n) is 11.5. The molecule has 102 valence electrons. The molecule has 0 spiro atoms. The fraction of sp³-hybridized carbons (Fsp3) is 0.571. The van der Waals surface area contributed by atoms with Gasteiger partial charge in [0.15, 0.2) is 0 Å².